The summed E-state index contributed by atoms with van der Waals surface area (Å²) in [6, 6.07) is 3.99. The van der Waals surface area contributed by atoms with Gasteiger partial charge in [-0.25, -0.2) is 9.48 Å². The zero-order valence-electron chi connectivity index (χ0n) is 12.5. The van der Waals surface area contributed by atoms with Crippen molar-refractivity contribution in [2.24, 2.45) is 0 Å². The van der Waals surface area contributed by atoms with Gasteiger partial charge in [-0.05, 0) is 38.4 Å². The molecular weight excluding hydrogens is 266 g/mol. The van der Waals surface area contributed by atoms with Crippen molar-refractivity contribution in [2.75, 3.05) is 13.1 Å². The van der Waals surface area contributed by atoms with E-state index in [1.807, 2.05) is 36.0 Å². The molecule has 3 rings (SSSR count). The molecule has 6 heteroatoms. The second-order valence-corrected chi connectivity index (χ2v) is 5.57. The van der Waals surface area contributed by atoms with Gasteiger partial charge < -0.3 is 9.88 Å². The number of rotatable bonds is 5. The minimum Gasteiger partial charge on any atom is -0.352 e. The molecule has 1 N–H and O–H groups in total. The summed E-state index contributed by atoms with van der Waals surface area (Å²) >= 11 is 0. The number of piperidine rings is 1. The third-order valence-electron chi connectivity index (χ3n) is 4.17. The number of nitrogens with one attached hydrogen (secondary N) is 1. The topological polar surface area (TPSA) is 56.8 Å². The molecule has 0 bridgehead atoms. The monoisotopic (exact) mass is 289 g/mol. The van der Waals surface area contributed by atoms with E-state index >= 15 is 0 Å². The molecule has 2 aromatic heterocycles. The summed E-state index contributed by atoms with van der Waals surface area (Å²) in [6.07, 6.45) is 6.28. The van der Waals surface area contributed by atoms with Crippen LogP contribution in [0.25, 0.3) is 0 Å². The summed E-state index contributed by atoms with van der Waals surface area (Å²) < 4.78 is 5.51. The molecule has 0 radical (unpaired) electrons. The summed E-state index contributed by atoms with van der Waals surface area (Å²) in [7, 11) is 0. The lowest BCUT2D eigenvalue weighted by Crippen LogP contribution is -2.31. The van der Waals surface area contributed by atoms with Crippen molar-refractivity contribution in [1.82, 2.24) is 24.2 Å². The molecule has 0 spiro atoms. The first-order valence-electron chi connectivity index (χ1n) is 7.78. The standard InChI is InChI=1S/C15H23N5O/c1-2-19-14(13-6-5-7-16-12-13)17-20(15(19)21)11-10-18-8-3-4-9-18/h3-4,8-9,13,16H,2,5-7,10-12H2,1H3/t13-/m0/s1. The minimum absolute atomic E-state index is 0.0187. The fourth-order valence-electron chi connectivity index (χ4n) is 3.00. The van der Waals surface area contributed by atoms with Crippen LogP contribution in [-0.4, -0.2) is 32.0 Å². The van der Waals surface area contributed by atoms with Crippen molar-refractivity contribution in [3.8, 4) is 0 Å². The van der Waals surface area contributed by atoms with Gasteiger partial charge in [0.25, 0.3) is 0 Å². The van der Waals surface area contributed by atoms with Gasteiger partial charge in [0.2, 0.25) is 0 Å². The predicted molar refractivity (Wildman–Crippen MR) is 81.4 cm³/mol. The van der Waals surface area contributed by atoms with Crippen LogP contribution in [0, 0.1) is 0 Å². The Balaban J connectivity index is 1.80. The van der Waals surface area contributed by atoms with Crippen molar-refractivity contribution in [3.05, 3.63) is 40.8 Å². The smallest absolute Gasteiger partial charge is 0.345 e. The molecule has 3 heterocycles. The summed E-state index contributed by atoms with van der Waals surface area (Å²) in [5.74, 6) is 1.31. The average Bonchev–Trinajstić information content (AvgIpc) is 3.14. The number of hydrogen-bond acceptors (Lipinski definition) is 3. The van der Waals surface area contributed by atoms with Crippen LogP contribution in [-0.2, 0) is 19.6 Å². The third kappa shape index (κ3) is 2.95. The van der Waals surface area contributed by atoms with Gasteiger partial charge in [0.1, 0.15) is 5.82 Å². The molecule has 0 unspecified atom stereocenters. The van der Waals surface area contributed by atoms with Crippen LogP contribution >= 0.6 is 0 Å². The van der Waals surface area contributed by atoms with Crippen molar-refractivity contribution in [2.45, 2.75) is 45.3 Å². The largest absolute Gasteiger partial charge is 0.352 e. The van der Waals surface area contributed by atoms with Crippen molar-refractivity contribution in [3.63, 3.8) is 0 Å². The lowest BCUT2D eigenvalue weighted by molar-refractivity contribution is 0.429. The molecule has 0 saturated carbocycles. The quantitative estimate of drug-likeness (QED) is 0.894. The van der Waals surface area contributed by atoms with Crippen LogP contribution in [0.1, 0.15) is 31.5 Å². The van der Waals surface area contributed by atoms with E-state index in [1.54, 1.807) is 4.68 Å². The zero-order valence-corrected chi connectivity index (χ0v) is 12.5. The summed E-state index contributed by atoms with van der Waals surface area (Å²) in [5, 5.41) is 8.02. The molecule has 0 amide bonds. The lowest BCUT2D eigenvalue weighted by atomic mass is 9.99. The van der Waals surface area contributed by atoms with Crippen LogP contribution in [0.2, 0.25) is 0 Å². The summed E-state index contributed by atoms with van der Waals surface area (Å²) in [6.45, 7) is 6.09. The van der Waals surface area contributed by atoms with Crippen molar-refractivity contribution in [1.29, 1.82) is 0 Å². The third-order valence-corrected chi connectivity index (χ3v) is 4.17. The van der Waals surface area contributed by atoms with Gasteiger partial charge in [0.15, 0.2) is 0 Å². The van der Waals surface area contributed by atoms with E-state index in [1.165, 1.54) is 0 Å². The number of aromatic nitrogens is 4. The van der Waals surface area contributed by atoms with Crippen LogP contribution in [0.3, 0.4) is 0 Å². The van der Waals surface area contributed by atoms with Gasteiger partial charge in [0, 0.05) is 37.9 Å². The molecule has 1 fully saturated rings. The Bertz CT molecular complexity index is 619. The molecule has 0 aliphatic carbocycles. The Kier molecular flexibility index (Phi) is 4.24. The molecule has 1 atom stereocenters. The Labute approximate surface area is 124 Å². The number of nitrogens with zero attached hydrogens (tertiary/aromatic N) is 4. The zero-order chi connectivity index (χ0) is 14.7. The molecule has 1 saturated heterocycles. The maximum atomic E-state index is 12.5. The van der Waals surface area contributed by atoms with Crippen LogP contribution < -0.4 is 11.0 Å². The Morgan fingerprint density at radius 2 is 2.14 bits per heavy atom. The average molecular weight is 289 g/mol. The first kappa shape index (κ1) is 14.1. The number of aryl methyl sites for hydroxylation is 2. The molecule has 1 aliphatic heterocycles. The molecule has 1 aliphatic rings. The second-order valence-electron chi connectivity index (χ2n) is 5.57. The molecular formula is C15H23N5O. The molecule has 2 aromatic rings. The van der Waals surface area contributed by atoms with Crippen molar-refractivity contribution < 1.29 is 0 Å². The molecule has 114 valence electrons. The van der Waals surface area contributed by atoms with E-state index in [2.05, 4.69) is 15.0 Å². The SMILES string of the molecule is CCn1c([C@H]2CCCNC2)nn(CCn2cccc2)c1=O. The van der Waals surface area contributed by atoms with E-state index in [-0.39, 0.29) is 5.69 Å². The van der Waals surface area contributed by atoms with Crippen molar-refractivity contribution >= 4 is 0 Å². The van der Waals surface area contributed by atoms with E-state index in [0.29, 0.717) is 19.0 Å². The summed E-state index contributed by atoms with van der Waals surface area (Å²) in [5.41, 5.74) is 0.0187. The van der Waals surface area contributed by atoms with Gasteiger partial charge in [0.05, 0.1) is 6.54 Å². The highest BCUT2D eigenvalue weighted by Crippen LogP contribution is 2.20. The minimum atomic E-state index is 0.0187. The summed E-state index contributed by atoms with van der Waals surface area (Å²) in [4.78, 5) is 12.5. The fourth-order valence-corrected chi connectivity index (χ4v) is 3.00. The van der Waals surface area contributed by atoms with E-state index in [4.69, 9.17) is 0 Å². The highest BCUT2D eigenvalue weighted by Gasteiger charge is 2.23. The van der Waals surface area contributed by atoms with Gasteiger partial charge in [-0.2, -0.15) is 5.10 Å². The molecule has 6 nitrogen and oxygen atoms in total. The van der Waals surface area contributed by atoms with Crippen LogP contribution in [0.4, 0.5) is 0 Å². The van der Waals surface area contributed by atoms with E-state index in [0.717, 1.165) is 38.3 Å². The first-order valence-corrected chi connectivity index (χ1v) is 7.78. The van der Waals surface area contributed by atoms with Crippen LogP contribution in [0.5, 0.6) is 0 Å². The predicted octanol–water partition coefficient (Wildman–Crippen LogP) is 1.03. The maximum Gasteiger partial charge on any atom is 0.345 e. The van der Waals surface area contributed by atoms with E-state index < -0.39 is 0 Å². The highest BCUT2D eigenvalue weighted by molar-refractivity contribution is 5.00. The highest BCUT2D eigenvalue weighted by atomic mass is 16.2. The lowest BCUT2D eigenvalue weighted by Gasteiger charge is -2.21. The number of hydrogen-bond donors (Lipinski definition) is 1. The van der Waals surface area contributed by atoms with E-state index in [9.17, 15) is 4.79 Å². The van der Waals surface area contributed by atoms with Gasteiger partial charge >= 0.3 is 5.69 Å². The Hall–Kier alpha value is -1.82. The van der Waals surface area contributed by atoms with Crippen LogP contribution in [0.15, 0.2) is 29.3 Å². The maximum absolute atomic E-state index is 12.5. The fraction of sp³-hybridized carbons (Fsp3) is 0.600. The molecule has 21 heavy (non-hydrogen) atoms. The molecule has 0 aromatic carbocycles. The van der Waals surface area contributed by atoms with Gasteiger partial charge in [-0.1, -0.05) is 0 Å². The van der Waals surface area contributed by atoms with Gasteiger partial charge in [-0.15, -0.1) is 0 Å². The normalized spacial score (nSPS) is 19.0. The van der Waals surface area contributed by atoms with Gasteiger partial charge in [-0.3, -0.25) is 4.57 Å². The second kappa shape index (κ2) is 6.30. The first-order chi connectivity index (χ1) is 10.3. The Morgan fingerprint density at radius 1 is 1.33 bits per heavy atom. The Morgan fingerprint density at radius 3 is 2.81 bits per heavy atom.